The number of H-pyrrole nitrogens is 1. The summed E-state index contributed by atoms with van der Waals surface area (Å²) in [6, 6.07) is 15.0. The van der Waals surface area contributed by atoms with E-state index in [0.29, 0.717) is 28.6 Å². The molecule has 0 spiro atoms. The molecule has 0 bridgehead atoms. The van der Waals surface area contributed by atoms with Gasteiger partial charge in [-0.25, -0.2) is 4.79 Å². The van der Waals surface area contributed by atoms with Crippen LogP contribution in [0.4, 0.5) is 5.69 Å². The van der Waals surface area contributed by atoms with Gasteiger partial charge in [0.05, 0.1) is 17.2 Å². The predicted octanol–water partition coefficient (Wildman–Crippen LogP) is 2.66. The quantitative estimate of drug-likeness (QED) is 0.376. The first-order valence-corrected chi connectivity index (χ1v) is 10.4. The van der Waals surface area contributed by atoms with Crippen LogP contribution in [0.15, 0.2) is 74.9 Å². The summed E-state index contributed by atoms with van der Waals surface area (Å²) in [6.45, 7) is 2.25. The van der Waals surface area contributed by atoms with Crippen molar-refractivity contribution in [1.82, 2.24) is 14.9 Å². The molecule has 3 N–H and O–H groups in total. The molecule has 2 aromatic carbocycles. The number of nitrogens with zero attached hydrogens (tertiary/aromatic N) is 1. The number of benzene rings is 2. The van der Waals surface area contributed by atoms with Gasteiger partial charge in [-0.05, 0) is 61.4 Å². The highest BCUT2D eigenvalue weighted by atomic mass is 16.3. The fourth-order valence-corrected chi connectivity index (χ4v) is 3.48. The number of aromatic amines is 1. The molecule has 9 nitrogen and oxygen atoms in total. The van der Waals surface area contributed by atoms with Gasteiger partial charge in [-0.1, -0.05) is 12.1 Å². The lowest BCUT2D eigenvalue weighted by Crippen LogP contribution is -2.36. The number of anilines is 1. The van der Waals surface area contributed by atoms with Crippen LogP contribution in [0.1, 0.15) is 32.9 Å². The molecule has 0 aliphatic rings. The van der Waals surface area contributed by atoms with E-state index in [-0.39, 0.29) is 36.2 Å². The van der Waals surface area contributed by atoms with Gasteiger partial charge in [-0.2, -0.15) is 0 Å². The zero-order valence-corrected chi connectivity index (χ0v) is 17.9. The lowest BCUT2D eigenvalue weighted by Gasteiger charge is -2.10. The highest BCUT2D eigenvalue weighted by molar-refractivity contribution is 6.03. The van der Waals surface area contributed by atoms with Crippen molar-refractivity contribution in [3.05, 3.63) is 98.6 Å². The molecular formula is C24H22N4O5. The van der Waals surface area contributed by atoms with Crippen LogP contribution in [0.3, 0.4) is 0 Å². The summed E-state index contributed by atoms with van der Waals surface area (Å²) in [5.41, 5.74) is 1.39. The number of amides is 2. The molecule has 0 atom stereocenters. The topological polar surface area (TPSA) is 126 Å². The van der Waals surface area contributed by atoms with Crippen molar-refractivity contribution in [3.63, 3.8) is 0 Å². The van der Waals surface area contributed by atoms with Crippen LogP contribution in [0.5, 0.6) is 0 Å². The molecule has 168 valence electrons. The summed E-state index contributed by atoms with van der Waals surface area (Å²) in [4.78, 5) is 52.1. The molecule has 0 aliphatic carbocycles. The number of aryl methyl sites for hydroxylation is 1. The third-order valence-corrected chi connectivity index (χ3v) is 5.22. The third kappa shape index (κ3) is 4.77. The molecule has 33 heavy (non-hydrogen) atoms. The van der Waals surface area contributed by atoms with Gasteiger partial charge in [0.25, 0.3) is 17.4 Å². The number of para-hydroxylation sites is 1. The van der Waals surface area contributed by atoms with Gasteiger partial charge in [-0.15, -0.1) is 0 Å². The minimum Gasteiger partial charge on any atom is -0.459 e. The van der Waals surface area contributed by atoms with Crippen molar-refractivity contribution >= 4 is 28.4 Å². The van der Waals surface area contributed by atoms with E-state index in [9.17, 15) is 19.2 Å². The molecule has 2 amide bonds. The Bertz CT molecular complexity index is 1430. The smallest absolute Gasteiger partial charge is 0.328 e. The number of carbonyl (C=O) groups excluding carboxylic acids is 2. The second-order valence-electron chi connectivity index (χ2n) is 7.50. The zero-order chi connectivity index (χ0) is 23.4. The number of nitrogens with one attached hydrogen (secondary N) is 3. The van der Waals surface area contributed by atoms with Crippen LogP contribution in [-0.2, 0) is 6.54 Å². The molecular weight excluding hydrogens is 424 g/mol. The van der Waals surface area contributed by atoms with E-state index in [4.69, 9.17) is 4.42 Å². The number of aromatic nitrogens is 2. The summed E-state index contributed by atoms with van der Waals surface area (Å²) in [5, 5.41) is 5.97. The van der Waals surface area contributed by atoms with Gasteiger partial charge in [-0.3, -0.25) is 19.0 Å². The second kappa shape index (κ2) is 9.39. The largest absolute Gasteiger partial charge is 0.459 e. The molecule has 0 fully saturated rings. The highest BCUT2D eigenvalue weighted by Crippen LogP contribution is 2.18. The Morgan fingerprint density at radius 1 is 1.03 bits per heavy atom. The van der Waals surface area contributed by atoms with Crippen molar-refractivity contribution in [2.24, 2.45) is 0 Å². The number of hydrogen-bond acceptors (Lipinski definition) is 5. The number of furan rings is 1. The molecule has 0 saturated heterocycles. The van der Waals surface area contributed by atoms with Crippen molar-refractivity contribution in [1.29, 1.82) is 0 Å². The number of carbonyl (C=O) groups is 2. The molecule has 4 aromatic rings. The van der Waals surface area contributed by atoms with E-state index in [1.807, 2.05) is 0 Å². The molecule has 0 radical (unpaired) electrons. The lowest BCUT2D eigenvalue weighted by atomic mass is 10.1. The Hall–Kier alpha value is -4.40. The summed E-state index contributed by atoms with van der Waals surface area (Å²) in [7, 11) is 0. The van der Waals surface area contributed by atoms with Gasteiger partial charge < -0.3 is 20.0 Å². The van der Waals surface area contributed by atoms with Crippen LogP contribution in [-0.4, -0.2) is 27.9 Å². The van der Waals surface area contributed by atoms with Crippen LogP contribution in [0.25, 0.3) is 10.9 Å². The first-order valence-electron chi connectivity index (χ1n) is 10.4. The van der Waals surface area contributed by atoms with Crippen molar-refractivity contribution in [2.45, 2.75) is 19.9 Å². The van der Waals surface area contributed by atoms with Gasteiger partial charge in [0.1, 0.15) is 0 Å². The first kappa shape index (κ1) is 21.8. The summed E-state index contributed by atoms with van der Waals surface area (Å²) in [6.07, 6.45) is 1.82. The summed E-state index contributed by atoms with van der Waals surface area (Å²) in [5.74, 6) is -0.471. The Morgan fingerprint density at radius 2 is 1.85 bits per heavy atom. The Balaban J connectivity index is 1.34. The molecule has 0 aliphatic heterocycles. The highest BCUT2D eigenvalue weighted by Gasteiger charge is 2.13. The van der Waals surface area contributed by atoms with E-state index < -0.39 is 5.69 Å². The molecule has 2 heterocycles. The maximum Gasteiger partial charge on any atom is 0.328 e. The summed E-state index contributed by atoms with van der Waals surface area (Å²) < 4.78 is 6.21. The number of rotatable bonds is 7. The molecule has 2 aromatic heterocycles. The zero-order valence-electron chi connectivity index (χ0n) is 17.9. The standard InChI is InChI=1S/C24H22N4O5/c1-15-14-16(9-10-18(15)26-22(30)20-8-4-13-33-20)21(29)25-11-5-12-28-23(31)17-6-2-3-7-19(17)27-24(28)32/h2-4,6-10,13-14H,5,11-12H2,1H3,(H,25,29)(H,26,30)(H,27,32). The van der Waals surface area contributed by atoms with Crippen molar-refractivity contribution in [2.75, 3.05) is 11.9 Å². The fourth-order valence-electron chi connectivity index (χ4n) is 3.48. The van der Waals surface area contributed by atoms with Gasteiger partial charge >= 0.3 is 5.69 Å². The summed E-state index contributed by atoms with van der Waals surface area (Å²) >= 11 is 0. The van der Waals surface area contributed by atoms with Gasteiger partial charge in [0.2, 0.25) is 0 Å². The molecule has 9 heteroatoms. The van der Waals surface area contributed by atoms with Crippen LogP contribution in [0.2, 0.25) is 0 Å². The van der Waals surface area contributed by atoms with Crippen LogP contribution in [0, 0.1) is 6.92 Å². The second-order valence-corrected chi connectivity index (χ2v) is 7.50. The normalized spacial score (nSPS) is 10.8. The molecule has 4 rings (SSSR count). The van der Waals surface area contributed by atoms with E-state index in [1.54, 1.807) is 61.5 Å². The van der Waals surface area contributed by atoms with E-state index in [2.05, 4.69) is 15.6 Å². The average molecular weight is 446 g/mol. The molecule has 0 unspecified atom stereocenters. The predicted molar refractivity (Wildman–Crippen MR) is 124 cm³/mol. The van der Waals surface area contributed by atoms with Crippen LogP contribution < -0.4 is 21.9 Å². The fraction of sp³-hybridized carbons (Fsp3) is 0.167. The maximum absolute atomic E-state index is 12.5. The van der Waals surface area contributed by atoms with Gasteiger partial charge in [0.15, 0.2) is 5.76 Å². The Morgan fingerprint density at radius 3 is 2.61 bits per heavy atom. The van der Waals surface area contributed by atoms with E-state index in [1.165, 1.54) is 6.26 Å². The van der Waals surface area contributed by atoms with Crippen molar-refractivity contribution < 1.29 is 14.0 Å². The Kier molecular flexibility index (Phi) is 6.21. The molecule has 0 saturated carbocycles. The first-order chi connectivity index (χ1) is 15.9. The number of hydrogen-bond donors (Lipinski definition) is 3. The van der Waals surface area contributed by atoms with Crippen LogP contribution >= 0.6 is 0 Å². The monoisotopic (exact) mass is 446 g/mol. The third-order valence-electron chi connectivity index (χ3n) is 5.22. The van der Waals surface area contributed by atoms with Crippen molar-refractivity contribution in [3.8, 4) is 0 Å². The Labute approximate surface area is 188 Å². The average Bonchev–Trinajstić information content (AvgIpc) is 3.35. The minimum absolute atomic E-state index is 0.177. The lowest BCUT2D eigenvalue weighted by molar-refractivity contribution is 0.0951. The minimum atomic E-state index is -0.479. The van der Waals surface area contributed by atoms with E-state index >= 15 is 0 Å². The number of fused-ring (bicyclic) bond motifs is 1. The SMILES string of the molecule is Cc1cc(C(=O)NCCCn2c(=O)[nH]c3ccccc3c2=O)ccc1NC(=O)c1ccco1. The maximum atomic E-state index is 12.5. The van der Waals surface area contributed by atoms with Gasteiger partial charge in [0, 0.05) is 24.3 Å². The van der Waals surface area contributed by atoms with E-state index in [0.717, 1.165) is 10.1 Å².